The summed E-state index contributed by atoms with van der Waals surface area (Å²) in [5.41, 5.74) is 2.67. The molecule has 0 atom stereocenters. The van der Waals surface area contributed by atoms with Gasteiger partial charge < -0.3 is 0 Å². The first-order valence-corrected chi connectivity index (χ1v) is 8.60. The van der Waals surface area contributed by atoms with Gasteiger partial charge in [-0.3, -0.25) is 0 Å². The maximum absolute atomic E-state index is 12.7. The molecule has 3 nitrogen and oxygen atoms in total. The second kappa shape index (κ2) is 5.81. The van der Waals surface area contributed by atoms with Crippen LogP contribution in [-0.2, 0) is 15.9 Å². The Morgan fingerprint density at radius 3 is 2.37 bits per heavy atom. The van der Waals surface area contributed by atoms with Crippen molar-refractivity contribution in [2.45, 2.75) is 43.9 Å². The smallest absolute Gasteiger partial charge is 0.207 e. The Morgan fingerprint density at radius 1 is 1.16 bits per heavy atom. The predicted octanol–water partition coefficient (Wildman–Crippen LogP) is 3.22. The molecule has 1 aliphatic rings. The molecule has 19 heavy (non-hydrogen) atoms. The van der Waals surface area contributed by atoms with E-state index in [0.29, 0.717) is 23.9 Å². The lowest BCUT2D eigenvalue weighted by molar-refractivity contribution is 0.346. The zero-order valence-electron chi connectivity index (χ0n) is 11.4. The van der Waals surface area contributed by atoms with E-state index in [4.69, 9.17) is 11.6 Å². The van der Waals surface area contributed by atoms with Gasteiger partial charge in [-0.1, -0.05) is 12.5 Å². The van der Waals surface area contributed by atoms with Gasteiger partial charge in [0.1, 0.15) is 0 Å². The Hall–Kier alpha value is -0.580. The van der Waals surface area contributed by atoms with Crippen molar-refractivity contribution in [3.8, 4) is 0 Å². The Balaban J connectivity index is 2.47. The highest BCUT2D eigenvalue weighted by molar-refractivity contribution is 7.89. The molecule has 1 aromatic carbocycles. The maximum atomic E-state index is 12.7. The first-order valence-electron chi connectivity index (χ1n) is 6.63. The molecule has 0 radical (unpaired) electrons. The molecule has 1 fully saturated rings. The lowest BCUT2D eigenvalue weighted by Crippen LogP contribution is -2.36. The number of sulfonamides is 1. The van der Waals surface area contributed by atoms with Crippen LogP contribution in [0.3, 0.4) is 0 Å². The van der Waals surface area contributed by atoms with Crippen molar-refractivity contribution in [1.29, 1.82) is 0 Å². The van der Waals surface area contributed by atoms with Gasteiger partial charge in [-0.15, -0.1) is 11.6 Å². The van der Waals surface area contributed by atoms with Crippen molar-refractivity contribution < 1.29 is 8.42 Å². The Morgan fingerprint density at radius 2 is 1.79 bits per heavy atom. The van der Waals surface area contributed by atoms with Gasteiger partial charge in [0.15, 0.2) is 0 Å². The van der Waals surface area contributed by atoms with Crippen molar-refractivity contribution >= 4 is 21.6 Å². The summed E-state index contributed by atoms with van der Waals surface area (Å²) >= 11 is 5.85. The van der Waals surface area contributed by atoms with E-state index in [1.807, 2.05) is 19.9 Å². The average Bonchev–Trinajstić information content (AvgIpc) is 2.42. The molecule has 1 saturated heterocycles. The van der Waals surface area contributed by atoms with Crippen LogP contribution in [0.5, 0.6) is 0 Å². The van der Waals surface area contributed by atoms with Crippen LogP contribution in [-0.4, -0.2) is 25.8 Å². The molecular formula is C14H20ClNO2S. The lowest BCUT2D eigenvalue weighted by Gasteiger charge is -2.27. The number of piperidine rings is 1. The maximum Gasteiger partial charge on any atom is 0.243 e. The van der Waals surface area contributed by atoms with Crippen LogP contribution in [0.25, 0.3) is 0 Å². The van der Waals surface area contributed by atoms with E-state index in [2.05, 4.69) is 0 Å². The van der Waals surface area contributed by atoms with Gasteiger partial charge in [0.05, 0.1) is 4.90 Å². The van der Waals surface area contributed by atoms with Gasteiger partial charge in [0, 0.05) is 19.0 Å². The van der Waals surface area contributed by atoms with Crippen LogP contribution in [0.4, 0.5) is 0 Å². The van der Waals surface area contributed by atoms with Crippen molar-refractivity contribution in [3.63, 3.8) is 0 Å². The molecule has 1 aliphatic heterocycles. The van der Waals surface area contributed by atoms with Gasteiger partial charge in [-0.25, -0.2) is 8.42 Å². The molecule has 0 amide bonds. The van der Waals surface area contributed by atoms with Crippen LogP contribution in [0.2, 0.25) is 0 Å². The number of alkyl halides is 1. The van der Waals surface area contributed by atoms with Gasteiger partial charge in [0.25, 0.3) is 0 Å². The van der Waals surface area contributed by atoms with E-state index in [-0.39, 0.29) is 0 Å². The topological polar surface area (TPSA) is 37.4 Å². The average molecular weight is 302 g/mol. The molecule has 1 heterocycles. The highest BCUT2D eigenvalue weighted by atomic mass is 35.5. The zero-order chi connectivity index (χ0) is 14.0. The van der Waals surface area contributed by atoms with Crippen molar-refractivity contribution in [2.75, 3.05) is 13.1 Å². The summed E-state index contributed by atoms with van der Waals surface area (Å²) in [5, 5.41) is 0. The summed E-state index contributed by atoms with van der Waals surface area (Å²) < 4.78 is 27.0. The predicted molar refractivity (Wildman–Crippen MR) is 78.1 cm³/mol. The summed E-state index contributed by atoms with van der Waals surface area (Å²) in [6, 6.07) is 3.68. The number of aryl methyl sites for hydroxylation is 1. The van der Waals surface area contributed by atoms with E-state index in [1.54, 1.807) is 10.4 Å². The molecule has 106 valence electrons. The molecular weight excluding hydrogens is 282 g/mol. The number of benzene rings is 1. The molecule has 0 N–H and O–H groups in total. The summed E-state index contributed by atoms with van der Waals surface area (Å²) in [6.07, 6.45) is 3.02. The largest absolute Gasteiger partial charge is 0.243 e. The number of hydrogen-bond acceptors (Lipinski definition) is 2. The molecule has 0 aliphatic carbocycles. The standard InChI is InChI=1S/C14H20ClNO2S/c1-11-8-13(10-15)9-14(12(11)2)19(17,18)16-6-4-3-5-7-16/h8-9H,3-7,10H2,1-2H3. The quantitative estimate of drug-likeness (QED) is 0.804. The van der Waals surface area contributed by atoms with Crippen LogP contribution in [0.15, 0.2) is 17.0 Å². The van der Waals surface area contributed by atoms with Gasteiger partial charge in [-0.05, 0) is 49.4 Å². The molecule has 1 aromatic rings. The SMILES string of the molecule is Cc1cc(CCl)cc(S(=O)(=O)N2CCCCC2)c1C. The highest BCUT2D eigenvalue weighted by Crippen LogP contribution is 2.27. The number of hydrogen-bond donors (Lipinski definition) is 0. The minimum atomic E-state index is -3.37. The van der Waals surface area contributed by atoms with Crippen molar-refractivity contribution in [2.24, 2.45) is 0 Å². The van der Waals surface area contributed by atoms with Crippen LogP contribution < -0.4 is 0 Å². The molecule has 0 saturated carbocycles. The molecule has 5 heteroatoms. The Labute approximate surface area is 120 Å². The number of nitrogens with zero attached hydrogens (tertiary/aromatic N) is 1. The van der Waals surface area contributed by atoms with E-state index in [9.17, 15) is 8.42 Å². The third kappa shape index (κ3) is 2.96. The number of halogens is 1. The Kier molecular flexibility index (Phi) is 4.54. The molecule has 0 spiro atoms. The minimum absolute atomic E-state index is 0.337. The fourth-order valence-electron chi connectivity index (χ4n) is 2.49. The fourth-order valence-corrected chi connectivity index (χ4v) is 4.51. The minimum Gasteiger partial charge on any atom is -0.207 e. The van der Waals surface area contributed by atoms with Crippen molar-refractivity contribution in [1.82, 2.24) is 4.31 Å². The van der Waals surface area contributed by atoms with Crippen molar-refractivity contribution in [3.05, 3.63) is 28.8 Å². The number of rotatable bonds is 3. The first-order chi connectivity index (χ1) is 8.96. The van der Waals surface area contributed by atoms with Crippen LogP contribution >= 0.6 is 11.6 Å². The van der Waals surface area contributed by atoms with Gasteiger partial charge in [-0.2, -0.15) is 4.31 Å². The third-order valence-electron chi connectivity index (χ3n) is 3.77. The summed E-state index contributed by atoms with van der Waals surface area (Å²) in [7, 11) is -3.37. The second-order valence-electron chi connectivity index (χ2n) is 5.13. The normalized spacial score (nSPS) is 17.6. The van der Waals surface area contributed by atoms with E-state index in [0.717, 1.165) is 36.0 Å². The monoisotopic (exact) mass is 301 g/mol. The zero-order valence-corrected chi connectivity index (χ0v) is 13.0. The fraction of sp³-hybridized carbons (Fsp3) is 0.571. The highest BCUT2D eigenvalue weighted by Gasteiger charge is 2.28. The molecule has 0 aromatic heterocycles. The lowest BCUT2D eigenvalue weighted by atomic mass is 10.1. The van der Waals surface area contributed by atoms with Crippen LogP contribution in [0, 0.1) is 13.8 Å². The van der Waals surface area contributed by atoms with Crippen LogP contribution in [0.1, 0.15) is 36.0 Å². The second-order valence-corrected chi connectivity index (χ2v) is 7.31. The van der Waals surface area contributed by atoms with Gasteiger partial charge >= 0.3 is 0 Å². The van der Waals surface area contributed by atoms with E-state index >= 15 is 0 Å². The van der Waals surface area contributed by atoms with E-state index in [1.165, 1.54) is 0 Å². The third-order valence-corrected chi connectivity index (χ3v) is 6.10. The molecule has 2 rings (SSSR count). The molecule has 0 unspecified atom stereocenters. The van der Waals surface area contributed by atoms with Gasteiger partial charge in [0.2, 0.25) is 10.0 Å². The van der Waals surface area contributed by atoms with E-state index < -0.39 is 10.0 Å². The summed E-state index contributed by atoms with van der Waals surface area (Å²) in [5.74, 6) is 0.337. The Bertz CT molecular complexity index is 563. The molecule has 0 bridgehead atoms. The summed E-state index contributed by atoms with van der Waals surface area (Å²) in [4.78, 5) is 0.421. The first kappa shape index (κ1) is 14.8. The summed E-state index contributed by atoms with van der Waals surface area (Å²) in [6.45, 7) is 5.06.